The second-order valence-electron chi connectivity index (χ2n) is 11.0. The summed E-state index contributed by atoms with van der Waals surface area (Å²) in [6.45, 7) is 3.44. The van der Waals surface area contributed by atoms with Crippen molar-refractivity contribution < 1.29 is 42.3 Å². The van der Waals surface area contributed by atoms with Crippen molar-refractivity contribution >= 4 is 46.7 Å². The number of hydrogen-bond donors (Lipinski definition) is 3. The number of ether oxygens (including phenoxy) is 1. The van der Waals surface area contributed by atoms with Crippen molar-refractivity contribution in [1.82, 2.24) is 15.1 Å². The van der Waals surface area contributed by atoms with Crippen LogP contribution in [0.2, 0.25) is 0 Å². The Balaban J connectivity index is 1.29. The molecule has 3 heterocycles. The lowest BCUT2D eigenvalue weighted by atomic mass is 10.1. The van der Waals surface area contributed by atoms with Crippen molar-refractivity contribution in [2.24, 2.45) is 0 Å². The first kappa shape index (κ1) is 32.2. The van der Waals surface area contributed by atoms with Crippen LogP contribution in [0.1, 0.15) is 59.5 Å². The van der Waals surface area contributed by atoms with E-state index in [1.807, 2.05) is 37.3 Å². The van der Waals surface area contributed by atoms with Crippen LogP contribution in [0.3, 0.4) is 0 Å². The highest BCUT2D eigenvalue weighted by atomic mass is 32.1. The number of likely N-dealkylation sites (tertiary alicyclic amines) is 1. The summed E-state index contributed by atoms with van der Waals surface area (Å²) in [4.78, 5) is 62.3. The smallest absolute Gasteiger partial charge is 0.370 e. The van der Waals surface area contributed by atoms with Crippen LogP contribution < -0.4 is 5.32 Å². The summed E-state index contributed by atoms with van der Waals surface area (Å²) in [6.07, 6.45) is 1.83. The first-order valence-corrected chi connectivity index (χ1v) is 16.9. The third-order valence-corrected chi connectivity index (χ3v) is 10.1. The number of carbonyl (C=O) groups is 3. The summed E-state index contributed by atoms with van der Waals surface area (Å²) in [5.74, 6) is -1.08. The van der Waals surface area contributed by atoms with Gasteiger partial charge in [-0.1, -0.05) is 49.7 Å². The number of amides is 3. The van der Waals surface area contributed by atoms with Crippen LogP contribution in [-0.2, 0) is 24.6 Å². The summed E-state index contributed by atoms with van der Waals surface area (Å²) in [7, 11) is -5.75. The molecule has 3 N–H and O–H groups in total. The summed E-state index contributed by atoms with van der Waals surface area (Å²) >= 11 is 1.01. The molecule has 2 aromatic carbocycles. The third-order valence-electron chi connectivity index (χ3n) is 8.00. The standard InChI is InChI=1S/C30H34F2N3O7PS/c1-2-7-22(33-27(36)26-17-20-16-21(11-12-25(20)44-26)30(31,32)43(39,40)41)28(37)35-13-6-10-23(35)29(38)34-14-15-42-24(18-34)19-8-4-3-5-9-19/h3-5,8-9,11-12,16-17,22-24H,2,6-7,10,13-15,18H2,1H3,(H,33,36)(H2,39,40,41)/t22?,23-,24+/m0/s1. The number of carbonyl (C=O) groups excluding carboxylic acids is 3. The van der Waals surface area contributed by atoms with E-state index in [4.69, 9.17) is 14.5 Å². The van der Waals surface area contributed by atoms with Gasteiger partial charge in [0.15, 0.2) is 0 Å². The molecule has 236 valence electrons. The van der Waals surface area contributed by atoms with E-state index in [-0.39, 0.29) is 28.2 Å². The highest BCUT2D eigenvalue weighted by Gasteiger charge is 2.50. The van der Waals surface area contributed by atoms with Gasteiger partial charge in [-0.25, -0.2) is 0 Å². The number of hydrogen-bond acceptors (Lipinski definition) is 6. The first-order chi connectivity index (χ1) is 20.9. The topological polar surface area (TPSA) is 136 Å². The molecule has 0 radical (unpaired) electrons. The number of thiophene rings is 1. The molecule has 5 rings (SSSR count). The van der Waals surface area contributed by atoms with Crippen LogP contribution in [-0.4, -0.2) is 75.6 Å². The van der Waals surface area contributed by atoms with E-state index in [1.54, 1.807) is 9.80 Å². The Hall–Kier alpha value is -3.22. The number of halogens is 2. The highest BCUT2D eigenvalue weighted by Crippen LogP contribution is 2.59. The van der Waals surface area contributed by atoms with Crippen molar-refractivity contribution in [3.05, 3.63) is 70.6 Å². The highest BCUT2D eigenvalue weighted by molar-refractivity contribution is 7.52. The molecule has 1 unspecified atom stereocenters. The molecule has 2 aliphatic rings. The van der Waals surface area contributed by atoms with Gasteiger partial charge in [-0.05, 0) is 48.4 Å². The number of morpholine rings is 1. The normalized spacial score (nSPS) is 20.1. The lowest BCUT2D eigenvalue weighted by Gasteiger charge is -2.37. The second kappa shape index (κ2) is 13.0. The zero-order valence-electron chi connectivity index (χ0n) is 24.0. The van der Waals surface area contributed by atoms with Crippen molar-refractivity contribution in [2.45, 2.75) is 56.5 Å². The fraction of sp³-hybridized carbons (Fsp3) is 0.433. The number of nitrogens with one attached hydrogen (secondary N) is 1. The Bertz CT molecular complexity index is 1580. The summed E-state index contributed by atoms with van der Waals surface area (Å²) in [5, 5.41) is 2.99. The molecule has 2 fully saturated rings. The zero-order chi connectivity index (χ0) is 31.6. The fourth-order valence-corrected chi connectivity index (χ4v) is 7.12. The molecule has 14 heteroatoms. The van der Waals surface area contributed by atoms with E-state index in [9.17, 15) is 27.7 Å². The van der Waals surface area contributed by atoms with Gasteiger partial charge in [0.1, 0.15) is 18.2 Å². The van der Waals surface area contributed by atoms with E-state index in [0.717, 1.165) is 29.0 Å². The lowest BCUT2D eigenvalue weighted by molar-refractivity contribution is -0.149. The molecule has 3 atom stereocenters. The van der Waals surface area contributed by atoms with Crippen LogP contribution in [0.25, 0.3) is 10.1 Å². The third kappa shape index (κ3) is 6.57. The van der Waals surface area contributed by atoms with Crippen LogP contribution in [0.15, 0.2) is 54.6 Å². The largest absolute Gasteiger partial charge is 0.399 e. The zero-order valence-corrected chi connectivity index (χ0v) is 25.7. The van der Waals surface area contributed by atoms with Gasteiger partial charge in [0.2, 0.25) is 11.8 Å². The molecule has 0 bridgehead atoms. The minimum absolute atomic E-state index is 0.144. The number of benzene rings is 2. The summed E-state index contributed by atoms with van der Waals surface area (Å²) in [6, 6.07) is 12.6. The van der Waals surface area contributed by atoms with Gasteiger partial charge in [-0.2, -0.15) is 8.78 Å². The van der Waals surface area contributed by atoms with Crippen LogP contribution in [0.4, 0.5) is 8.78 Å². The Morgan fingerprint density at radius 1 is 1.14 bits per heavy atom. The molecule has 1 aromatic heterocycles. The average molecular weight is 650 g/mol. The van der Waals surface area contributed by atoms with E-state index >= 15 is 0 Å². The van der Waals surface area contributed by atoms with E-state index in [2.05, 4.69) is 5.32 Å². The number of fused-ring (bicyclic) bond motifs is 1. The van der Waals surface area contributed by atoms with Gasteiger partial charge in [0.25, 0.3) is 5.91 Å². The molecule has 2 aliphatic heterocycles. The monoisotopic (exact) mass is 649 g/mol. The Kier molecular flexibility index (Phi) is 9.52. The van der Waals surface area contributed by atoms with Gasteiger partial charge in [-0.3, -0.25) is 18.9 Å². The van der Waals surface area contributed by atoms with Gasteiger partial charge in [0.05, 0.1) is 18.0 Å². The van der Waals surface area contributed by atoms with Crippen molar-refractivity contribution in [2.75, 3.05) is 26.2 Å². The molecular weight excluding hydrogens is 615 g/mol. The molecule has 10 nitrogen and oxygen atoms in total. The van der Waals surface area contributed by atoms with Crippen molar-refractivity contribution in [3.63, 3.8) is 0 Å². The van der Waals surface area contributed by atoms with Gasteiger partial charge < -0.3 is 29.6 Å². The minimum atomic E-state index is -5.75. The maximum Gasteiger partial charge on any atom is 0.399 e. The van der Waals surface area contributed by atoms with Crippen LogP contribution in [0.5, 0.6) is 0 Å². The summed E-state index contributed by atoms with van der Waals surface area (Å²) < 4.78 is 46.1. The maximum absolute atomic E-state index is 14.2. The number of alkyl halides is 2. The molecule has 44 heavy (non-hydrogen) atoms. The average Bonchev–Trinajstić information content (AvgIpc) is 3.67. The van der Waals surface area contributed by atoms with Gasteiger partial charge >= 0.3 is 13.3 Å². The lowest BCUT2D eigenvalue weighted by Crippen LogP contribution is -2.55. The minimum Gasteiger partial charge on any atom is -0.370 e. The van der Waals surface area contributed by atoms with Crippen molar-refractivity contribution in [3.8, 4) is 0 Å². The summed E-state index contributed by atoms with van der Waals surface area (Å²) in [5.41, 5.74) is -4.26. The van der Waals surface area contributed by atoms with E-state index in [1.165, 1.54) is 12.1 Å². The molecule has 3 amide bonds. The van der Waals surface area contributed by atoms with Gasteiger partial charge in [0, 0.05) is 23.4 Å². The maximum atomic E-state index is 14.2. The van der Waals surface area contributed by atoms with Crippen LogP contribution >= 0.6 is 18.9 Å². The molecule has 0 saturated carbocycles. The number of nitrogens with zero attached hydrogens (tertiary/aromatic N) is 2. The second-order valence-corrected chi connectivity index (χ2v) is 13.7. The number of rotatable bonds is 9. The molecular formula is C30H34F2N3O7PS. The SMILES string of the molecule is CCCC(NC(=O)c1cc2cc(C(F)(F)P(=O)(O)O)ccc2s1)C(=O)N1CCC[C@H]1C(=O)N1CCO[C@@H](c2ccccc2)C1. The Labute approximate surface area is 257 Å². The Morgan fingerprint density at radius 3 is 2.59 bits per heavy atom. The van der Waals surface area contributed by atoms with E-state index in [0.29, 0.717) is 56.6 Å². The fourth-order valence-electron chi connectivity index (χ4n) is 5.70. The first-order valence-electron chi connectivity index (χ1n) is 14.4. The quantitative estimate of drug-likeness (QED) is 0.288. The molecule has 2 saturated heterocycles. The van der Waals surface area contributed by atoms with Crippen LogP contribution in [0, 0.1) is 0 Å². The predicted molar refractivity (Wildman–Crippen MR) is 160 cm³/mol. The Morgan fingerprint density at radius 2 is 1.89 bits per heavy atom. The van der Waals surface area contributed by atoms with Crippen molar-refractivity contribution in [1.29, 1.82) is 0 Å². The molecule has 0 aliphatic carbocycles. The molecule has 3 aromatic rings. The molecule has 0 spiro atoms. The van der Waals surface area contributed by atoms with Gasteiger partial charge in [-0.15, -0.1) is 11.3 Å². The predicted octanol–water partition coefficient (Wildman–Crippen LogP) is 4.62. The van der Waals surface area contributed by atoms with E-state index < -0.39 is 36.8 Å².